The van der Waals surface area contributed by atoms with E-state index in [1.165, 1.54) is 6.92 Å². The summed E-state index contributed by atoms with van der Waals surface area (Å²) in [6.45, 7) is 1.53. The van der Waals surface area contributed by atoms with Crippen LogP contribution < -0.4 is 21.4 Å². The maximum atomic E-state index is 13.0. The van der Waals surface area contributed by atoms with Crippen molar-refractivity contribution in [1.29, 1.82) is 0 Å². The maximum Gasteiger partial charge on any atom is 0.268 e. The fraction of sp³-hybridized carbons (Fsp3) is 0.304. The third-order valence-corrected chi connectivity index (χ3v) is 6.16. The minimum Gasteiger partial charge on any atom is -0.383 e. The van der Waals surface area contributed by atoms with Gasteiger partial charge in [0.2, 0.25) is 11.8 Å². The van der Waals surface area contributed by atoms with Crippen molar-refractivity contribution in [2.24, 2.45) is 10.8 Å². The number of primary amides is 1. The predicted octanol–water partition coefficient (Wildman–Crippen LogP) is 2.81. The number of carbonyl (C=O) groups excluding carboxylic acids is 3. The number of nitrogens with one attached hydrogen (secondary N) is 2. The van der Waals surface area contributed by atoms with Gasteiger partial charge in [-0.05, 0) is 49.2 Å². The predicted molar refractivity (Wildman–Crippen MR) is 136 cm³/mol. The molecule has 2 aromatic carbocycles. The van der Waals surface area contributed by atoms with Crippen molar-refractivity contribution in [1.82, 2.24) is 10.6 Å². The summed E-state index contributed by atoms with van der Waals surface area (Å²) in [7, 11) is 0. The Hall–Kier alpha value is -2.85. The van der Waals surface area contributed by atoms with E-state index < -0.39 is 29.9 Å². The third-order valence-electron chi connectivity index (χ3n) is 5.37. The highest BCUT2D eigenvalue weighted by Crippen LogP contribution is 2.39. The SMILES string of the molecule is CC(NC(=O)C1=NN(c2ccc(Cl)cc2Cl)C(c2ccc(Cl)cc2)C1)C(=O)NCCC(O)C(N)=O. The minimum absolute atomic E-state index is 0.0194. The molecule has 0 bridgehead atoms. The molecule has 1 aliphatic rings. The number of nitrogens with zero attached hydrogens (tertiary/aromatic N) is 2. The molecule has 5 N–H and O–H groups in total. The number of amides is 3. The number of nitrogens with two attached hydrogens (primary N) is 1. The van der Waals surface area contributed by atoms with E-state index in [-0.39, 0.29) is 31.1 Å². The number of hydrogen-bond donors (Lipinski definition) is 4. The van der Waals surface area contributed by atoms with Crippen LogP contribution in [0.15, 0.2) is 47.6 Å². The molecular formula is C23H24Cl3N5O4. The highest BCUT2D eigenvalue weighted by atomic mass is 35.5. The van der Waals surface area contributed by atoms with Crippen molar-refractivity contribution in [2.75, 3.05) is 11.6 Å². The fourth-order valence-corrected chi connectivity index (χ4v) is 4.08. The lowest BCUT2D eigenvalue weighted by Gasteiger charge is -2.25. The topological polar surface area (TPSA) is 137 Å². The summed E-state index contributed by atoms with van der Waals surface area (Å²) in [5.41, 5.74) is 6.62. The molecule has 9 nitrogen and oxygen atoms in total. The van der Waals surface area contributed by atoms with Crippen molar-refractivity contribution in [3.8, 4) is 0 Å². The zero-order valence-corrected chi connectivity index (χ0v) is 20.9. The summed E-state index contributed by atoms with van der Waals surface area (Å²) < 4.78 is 0. The van der Waals surface area contributed by atoms with Crippen LogP contribution in [-0.2, 0) is 14.4 Å². The number of hydrazone groups is 1. The van der Waals surface area contributed by atoms with E-state index in [1.54, 1.807) is 35.3 Å². The molecule has 0 aromatic heterocycles. The molecule has 1 aliphatic heterocycles. The van der Waals surface area contributed by atoms with Gasteiger partial charge in [0.15, 0.2) is 0 Å². The zero-order chi connectivity index (χ0) is 25.7. The van der Waals surface area contributed by atoms with Crippen LogP contribution in [0, 0.1) is 0 Å². The van der Waals surface area contributed by atoms with E-state index in [1.807, 2.05) is 12.1 Å². The van der Waals surface area contributed by atoms with Crippen LogP contribution in [0.3, 0.4) is 0 Å². The summed E-state index contributed by atoms with van der Waals surface area (Å²) in [5.74, 6) is -1.88. The second-order valence-electron chi connectivity index (χ2n) is 7.95. The third kappa shape index (κ3) is 6.85. The number of aliphatic hydroxyl groups is 1. The molecule has 0 spiro atoms. The first kappa shape index (κ1) is 26.7. The van der Waals surface area contributed by atoms with E-state index in [9.17, 15) is 19.5 Å². The van der Waals surface area contributed by atoms with E-state index in [0.29, 0.717) is 20.8 Å². The lowest BCUT2D eigenvalue weighted by atomic mass is 10.0. The lowest BCUT2D eigenvalue weighted by molar-refractivity contribution is -0.128. The molecule has 35 heavy (non-hydrogen) atoms. The first-order valence-corrected chi connectivity index (χ1v) is 11.8. The average molecular weight is 541 g/mol. The molecule has 0 saturated carbocycles. The van der Waals surface area contributed by atoms with Gasteiger partial charge in [-0.25, -0.2) is 0 Å². The van der Waals surface area contributed by atoms with E-state index >= 15 is 0 Å². The maximum absolute atomic E-state index is 13.0. The molecule has 12 heteroatoms. The highest BCUT2D eigenvalue weighted by Gasteiger charge is 2.34. The number of hydrogen-bond acceptors (Lipinski definition) is 6. The Bertz CT molecular complexity index is 1140. The number of rotatable bonds is 9. The van der Waals surface area contributed by atoms with Crippen molar-refractivity contribution in [3.63, 3.8) is 0 Å². The fourth-order valence-electron chi connectivity index (χ4n) is 3.45. The van der Waals surface area contributed by atoms with Crippen LogP contribution in [0.25, 0.3) is 0 Å². The van der Waals surface area contributed by atoms with E-state index in [4.69, 9.17) is 40.5 Å². The standard InChI is InChI=1S/C23H24Cl3N5O4/c1-12(22(34)28-9-8-20(32)21(27)33)29-23(35)17-11-19(13-2-4-14(24)5-3-13)31(30-17)18-7-6-15(25)10-16(18)26/h2-7,10,12,19-20,32H,8-9,11H2,1H3,(H2,27,33)(H,28,34)(H,29,35). The van der Waals surface area contributed by atoms with Gasteiger partial charge in [0, 0.05) is 23.0 Å². The first-order chi connectivity index (χ1) is 16.6. The Morgan fingerprint density at radius 1 is 1.14 bits per heavy atom. The van der Waals surface area contributed by atoms with E-state index in [2.05, 4.69) is 15.7 Å². The van der Waals surface area contributed by atoms with E-state index in [0.717, 1.165) is 5.56 Å². The van der Waals surface area contributed by atoms with Crippen LogP contribution in [-0.4, -0.2) is 47.2 Å². The highest BCUT2D eigenvalue weighted by molar-refractivity contribution is 6.40. The number of aliphatic hydroxyl groups excluding tert-OH is 1. The van der Waals surface area contributed by atoms with Gasteiger partial charge in [-0.15, -0.1) is 0 Å². The van der Waals surface area contributed by atoms with Crippen molar-refractivity contribution in [3.05, 3.63) is 63.1 Å². The summed E-state index contributed by atoms with van der Waals surface area (Å²) in [6.07, 6.45) is -1.14. The number of anilines is 1. The first-order valence-electron chi connectivity index (χ1n) is 10.7. The Kier molecular flexibility index (Phi) is 8.96. The molecule has 0 radical (unpaired) electrons. The Balaban J connectivity index is 1.74. The van der Waals surface area contributed by atoms with Gasteiger partial charge >= 0.3 is 0 Å². The lowest BCUT2D eigenvalue weighted by Crippen LogP contribution is -2.47. The second kappa shape index (κ2) is 11.7. The molecule has 186 valence electrons. The molecular weight excluding hydrogens is 517 g/mol. The van der Waals surface area contributed by atoms with Crippen molar-refractivity contribution >= 4 is 63.9 Å². The van der Waals surface area contributed by atoms with Gasteiger partial charge in [0.05, 0.1) is 16.8 Å². The van der Waals surface area contributed by atoms with Gasteiger partial charge in [-0.1, -0.05) is 46.9 Å². The molecule has 3 atom stereocenters. The van der Waals surface area contributed by atoms with Gasteiger partial charge in [0.1, 0.15) is 17.9 Å². The quantitative estimate of drug-likeness (QED) is 0.388. The normalized spacial score (nSPS) is 16.9. The van der Waals surface area contributed by atoms with Gasteiger partial charge in [0.25, 0.3) is 5.91 Å². The molecule has 3 amide bonds. The smallest absolute Gasteiger partial charge is 0.268 e. The largest absolute Gasteiger partial charge is 0.383 e. The van der Waals surface area contributed by atoms with Crippen LogP contribution in [0.1, 0.15) is 31.4 Å². The monoisotopic (exact) mass is 539 g/mol. The number of halogens is 3. The van der Waals surface area contributed by atoms with Gasteiger partial charge in [-0.3, -0.25) is 19.4 Å². The number of carbonyl (C=O) groups is 3. The Labute approximate surface area is 217 Å². The van der Waals surface area contributed by atoms with Crippen molar-refractivity contribution < 1.29 is 19.5 Å². The van der Waals surface area contributed by atoms with Gasteiger partial charge < -0.3 is 21.5 Å². The molecule has 3 unspecified atom stereocenters. The summed E-state index contributed by atoms with van der Waals surface area (Å²) in [5, 5.41) is 22.1. The molecule has 0 aliphatic carbocycles. The molecule has 0 fully saturated rings. The molecule has 0 saturated heterocycles. The number of benzene rings is 2. The minimum atomic E-state index is -1.36. The molecule has 1 heterocycles. The summed E-state index contributed by atoms with van der Waals surface area (Å²) in [6, 6.07) is 10.9. The molecule has 2 aromatic rings. The Morgan fingerprint density at radius 3 is 2.43 bits per heavy atom. The summed E-state index contributed by atoms with van der Waals surface area (Å²) in [4.78, 5) is 36.1. The molecule has 3 rings (SSSR count). The van der Waals surface area contributed by atoms with Crippen LogP contribution in [0.5, 0.6) is 0 Å². The Morgan fingerprint density at radius 2 is 1.80 bits per heavy atom. The van der Waals surface area contributed by atoms with Crippen LogP contribution in [0.4, 0.5) is 5.69 Å². The summed E-state index contributed by atoms with van der Waals surface area (Å²) >= 11 is 18.5. The zero-order valence-electron chi connectivity index (χ0n) is 18.7. The van der Waals surface area contributed by atoms with Crippen LogP contribution >= 0.6 is 34.8 Å². The van der Waals surface area contributed by atoms with Crippen molar-refractivity contribution in [2.45, 2.75) is 38.0 Å². The van der Waals surface area contributed by atoms with Gasteiger partial charge in [-0.2, -0.15) is 5.10 Å². The average Bonchev–Trinajstić information content (AvgIpc) is 3.24. The second-order valence-corrected chi connectivity index (χ2v) is 9.23. The van der Waals surface area contributed by atoms with Crippen LogP contribution in [0.2, 0.25) is 15.1 Å².